The Morgan fingerprint density at radius 2 is 2.06 bits per heavy atom. The number of hydrogen-bond donors (Lipinski definition) is 2. The first-order valence-corrected chi connectivity index (χ1v) is 7.27. The number of nitrogens with one attached hydrogen (secondary N) is 2. The number of urea groups is 1. The lowest BCUT2D eigenvalue weighted by Gasteiger charge is -2.23. The summed E-state index contributed by atoms with van der Waals surface area (Å²) in [5, 5.41) is 5.10. The molecule has 1 saturated heterocycles. The maximum absolute atomic E-state index is 11.7. The Bertz CT molecular complexity index is 546. The van der Waals surface area contributed by atoms with Gasteiger partial charge in [0.15, 0.2) is 9.84 Å². The standard InChI is InChI=1S/C10H14N4O3S/c1-10(3-6-18(16,17)7-10)14-9(15)13-8-11-4-2-5-12-8/h2,4-5H,3,6-7H2,1H3,(H2,11,12,13,14,15)/t10-/m0/s1. The summed E-state index contributed by atoms with van der Waals surface area (Å²) >= 11 is 0. The van der Waals surface area contributed by atoms with Gasteiger partial charge in [0.2, 0.25) is 5.95 Å². The topological polar surface area (TPSA) is 101 Å². The minimum atomic E-state index is -3.05. The van der Waals surface area contributed by atoms with Crippen molar-refractivity contribution in [3.8, 4) is 0 Å². The highest BCUT2D eigenvalue weighted by atomic mass is 32.2. The zero-order chi connectivity index (χ0) is 13.2. The molecule has 2 amide bonds. The monoisotopic (exact) mass is 270 g/mol. The van der Waals surface area contributed by atoms with Crippen LogP contribution in [0.2, 0.25) is 0 Å². The summed E-state index contributed by atoms with van der Waals surface area (Å²) in [6.07, 6.45) is 3.42. The summed E-state index contributed by atoms with van der Waals surface area (Å²) < 4.78 is 22.8. The van der Waals surface area contributed by atoms with Crippen molar-refractivity contribution < 1.29 is 13.2 Å². The van der Waals surface area contributed by atoms with Crippen LogP contribution in [0.25, 0.3) is 0 Å². The third kappa shape index (κ3) is 3.16. The maximum atomic E-state index is 11.7. The van der Waals surface area contributed by atoms with Crippen LogP contribution in [0.4, 0.5) is 10.7 Å². The number of aromatic nitrogens is 2. The first-order valence-electron chi connectivity index (χ1n) is 5.45. The van der Waals surface area contributed by atoms with Crippen LogP contribution < -0.4 is 10.6 Å². The van der Waals surface area contributed by atoms with Gasteiger partial charge in [0.1, 0.15) is 0 Å². The van der Waals surface area contributed by atoms with Crippen LogP contribution in [-0.4, -0.2) is 41.5 Å². The van der Waals surface area contributed by atoms with Gasteiger partial charge in [0.05, 0.1) is 17.0 Å². The third-order valence-electron chi connectivity index (χ3n) is 2.71. The molecule has 7 nitrogen and oxygen atoms in total. The van der Waals surface area contributed by atoms with Crippen LogP contribution in [0.1, 0.15) is 13.3 Å². The summed E-state index contributed by atoms with van der Waals surface area (Å²) in [5.41, 5.74) is -0.725. The predicted molar refractivity (Wildman–Crippen MR) is 65.9 cm³/mol. The van der Waals surface area contributed by atoms with E-state index in [1.165, 1.54) is 12.4 Å². The van der Waals surface area contributed by atoms with Crippen LogP contribution in [0, 0.1) is 0 Å². The second-order valence-electron chi connectivity index (χ2n) is 4.55. The molecule has 1 atom stereocenters. The van der Waals surface area contributed by atoms with Crippen LogP contribution in [0.3, 0.4) is 0 Å². The van der Waals surface area contributed by atoms with Gasteiger partial charge in [-0.3, -0.25) is 5.32 Å². The average molecular weight is 270 g/mol. The number of nitrogens with zero attached hydrogens (tertiary/aromatic N) is 2. The molecule has 2 N–H and O–H groups in total. The van der Waals surface area contributed by atoms with Crippen molar-refractivity contribution in [1.29, 1.82) is 0 Å². The van der Waals surface area contributed by atoms with Crippen molar-refractivity contribution in [2.75, 3.05) is 16.8 Å². The summed E-state index contributed by atoms with van der Waals surface area (Å²) in [6.45, 7) is 1.71. The van der Waals surface area contributed by atoms with Gasteiger partial charge >= 0.3 is 6.03 Å². The fourth-order valence-electron chi connectivity index (χ4n) is 1.88. The first-order chi connectivity index (χ1) is 8.39. The minimum absolute atomic E-state index is 0.0386. The van der Waals surface area contributed by atoms with Gasteiger partial charge in [-0.1, -0.05) is 0 Å². The van der Waals surface area contributed by atoms with E-state index in [4.69, 9.17) is 0 Å². The van der Waals surface area contributed by atoms with Gasteiger partial charge < -0.3 is 5.32 Å². The Hall–Kier alpha value is -1.70. The average Bonchev–Trinajstić information content (AvgIpc) is 2.53. The summed E-state index contributed by atoms with van der Waals surface area (Å²) in [7, 11) is -3.05. The van der Waals surface area contributed by atoms with Gasteiger partial charge in [-0.25, -0.2) is 23.2 Å². The number of anilines is 1. The number of amides is 2. The predicted octanol–water partition coefficient (Wildman–Crippen LogP) is 0.175. The highest BCUT2D eigenvalue weighted by molar-refractivity contribution is 7.91. The molecule has 1 aromatic rings. The largest absolute Gasteiger partial charge is 0.332 e. The maximum Gasteiger partial charge on any atom is 0.322 e. The number of sulfone groups is 1. The van der Waals surface area contributed by atoms with Crippen LogP contribution in [0.5, 0.6) is 0 Å². The Labute approximate surface area is 105 Å². The van der Waals surface area contributed by atoms with Crippen molar-refractivity contribution in [3.05, 3.63) is 18.5 Å². The van der Waals surface area contributed by atoms with E-state index in [1.807, 2.05) is 0 Å². The molecule has 1 aliphatic rings. The highest BCUT2D eigenvalue weighted by Crippen LogP contribution is 2.22. The van der Waals surface area contributed by atoms with Crippen molar-refractivity contribution >= 4 is 21.8 Å². The highest BCUT2D eigenvalue weighted by Gasteiger charge is 2.39. The van der Waals surface area contributed by atoms with E-state index >= 15 is 0 Å². The second kappa shape index (κ2) is 4.52. The molecule has 1 aliphatic heterocycles. The fourth-order valence-corrected chi connectivity index (χ4v) is 3.97. The molecule has 0 saturated carbocycles. The molecule has 0 spiro atoms. The Morgan fingerprint density at radius 1 is 1.39 bits per heavy atom. The summed E-state index contributed by atoms with van der Waals surface area (Å²) in [6, 6.07) is 1.13. The third-order valence-corrected chi connectivity index (χ3v) is 4.61. The van der Waals surface area contributed by atoms with Gasteiger partial charge in [-0.2, -0.15) is 0 Å². The number of rotatable bonds is 2. The van der Waals surface area contributed by atoms with E-state index in [-0.39, 0.29) is 17.5 Å². The van der Waals surface area contributed by atoms with E-state index in [9.17, 15) is 13.2 Å². The molecule has 2 heterocycles. The zero-order valence-corrected chi connectivity index (χ0v) is 10.7. The van der Waals surface area contributed by atoms with Crippen molar-refractivity contribution in [3.63, 3.8) is 0 Å². The smallest absolute Gasteiger partial charge is 0.322 e. The lowest BCUT2D eigenvalue weighted by Crippen LogP contribution is -2.48. The van der Waals surface area contributed by atoms with Gasteiger partial charge in [-0.15, -0.1) is 0 Å². The second-order valence-corrected chi connectivity index (χ2v) is 6.74. The molecule has 1 fully saturated rings. The van der Waals surface area contributed by atoms with E-state index in [2.05, 4.69) is 20.6 Å². The molecule has 18 heavy (non-hydrogen) atoms. The van der Waals surface area contributed by atoms with Gasteiger partial charge in [-0.05, 0) is 19.4 Å². The van der Waals surface area contributed by atoms with Crippen molar-refractivity contribution in [2.24, 2.45) is 0 Å². The molecular formula is C10H14N4O3S. The van der Waals surface area contributed by atoms with Crippen molar-refractivity contribution in [1.82, 2.24) is 15.3 Å². The van der Waals surface area contributed by atoms with E-state index in [0.29, 0.717) is 6.42 Å². The normalized spacial score (nSPS) is 25.6. The molecule has 0 aliphatic carbocycles. The SMILES string of the molecule is C[C@]1(NC(=O)Nc2ncccn2)CCS(=O)(=O)C1. The molecule has 0 radical (unpaired) electrons. The molecule has 8 heteroatoms. The number of carbonyl (C=O) groups excluding carboxylic acids is 1. The molecule has 0 aromatic carbocycles. The quantitative estimate of drug-likeness (QED) is 0.798. The van der Waals surface area contributed by atoms with Crippen molar-refractivity contribution in [2.45, 2.75) is 18.9 Å². The Balaban J connectivity index is 1.96. The first kappa shape index (κ1) is 12.7. The van der Waals surface area contributed by atoms with Crippen LogP contribution in [0.15, 0.2) is 18.5 Å². The molecule has 0 unspecified atom stereocenters. The van der Waals surface area contributed by atoms with Crippen LogP contribution >= 0.6 is 0 Å². The van der Waals surface area contributed by atoms with E-state index in [1.54, 1.807) is 13.0 Å². The molecule has 98 valence electrons. The lowest BCUT2D eigenvalue weighted by atomic mass is 10.0. The zero-order valence-electron chi connectivity index (χ0n) is 9.88. The van der Waals surface area contributed by atoms with E-state index < -0.39 is 21.4 Å². The summed E-state index contributed by atoms with van der Waals surface area (Å²) in [5.74, 6) is 0.244. The number of carbonyl (C=O) groups is 1. The lowest BCUT2D eigenvalue weighted by molar-refractivity contribution is 0.242. The minimum Gasteiger partial charge on any atom is -0.332 e. The van der Waals surface area contributed by atoms with E-state index in [0.717, 1.165) is 0 Å². The molecular weight excluding hydrogens is 256 g/mol. The van der Waals surface area contributed by atoms with Gasteiger partial charge in [0, 0.05) is 12.4 Å². The summed E-state index contributed by atoms with van der Waals surface area (Å²) in [4.78, 5) is 19.4. The van der Waals surface area contributed by atoms with Crippen LogP contribution in [-0.2, 0) is 9.84 Å². The van der Waals surface area contributed by atoms with Gasteiger partial charge in [0.25, 0.3) is 0 Å². The number of hydrogen-bond acceptors (Lipinski definition) is 5. The molecule has 1 aromatic heterocycles. The molecule has 2 rings (SSSR count). The Morgan fingerprint density at radius 3 is 2.61 bits per heavy atom. The fraction of sp³-hybridized carbons (Fsp3) is 0.500. The Kier molecular flexibility index (Phi) is 3.20. The molecule has 0 bridgehead atoms.